The third kappa shape index (κ3) is 5.03. The number of benzene rings is 1. The Morgan fingerprint density at radius 3 is 2.56 bits per heavy atom. The maximum Gasteiger partial charge on any atom is 0.266 e. The van der Waals surface area contributed by atoms with Gasteiger partial charge in [0, 0.05) is 11.2 Å². The second-order valence-electron chi connectivity index (χ2n) is 3.55. The van der Waals surface area contributed by atoms with Crippen LogP contribution in [-0.4, -0.2) is 15.4 Å². The van der Waals surface area contributed by atoms with Crippen LogP contribution in [0.1, 0.15) is 31.2 Å². The Kier molecular flexibility index (Phi) is 5.34. The zero-order valence-corrected chi connectivity index (χ0v) is 10.8. The van der Waals surface area contributed by atoms with E-state index in [1.165, 1.54) is 5.56 Å². The summed E-state index contributed by atoms with van der Waals surface area (Å²) < 4.78 is 24.2. The maximum absolute atomic E-state index is 10.7. The van der Waals surface area contributed by atoms with Crippen LogP contribution in [0, 0.1) is 0 Å². The third-order valence-electron chi connectivity index (χ3n) is 2.46. The van der Waals surface area contributed by atoms with Crippen LogP contribution in [0.25, 0.3) is 0 Å². The molecule has 0 aromatic heterocycles. The first-order chi connectivity index (χ1) is 7.53. The highest BCUT2D eigenvalue weighted by molar-refractivity contribution is 8.27. The molecule has 0 aliphatic rings. The molecule has 90 valence electrons. The van der Waals surface area contributed by atoms with Gasteiger partial charge in [-0.25, -0.2) is 0 Å². The molecule has 0 saturated carbocycles. The minimum absolute atomic E-state index is 0.215. The molecule has 1 N–H and O–H groups in total. The molecule has 3 nitrogen and oxygen atoms in total. The normalized spacial score (nSPS) is 16.6. The molecule has 0 spiro atoms. The van der Waals surface area contributed by atoms with E-state index in [0.717, 1.165) is 6.42 Å². The smallest absolute Gasteiger partial charge is 0.266 e. The Bertz CT molecular complexity index is 400. The molecule has 0 aliphatic heterocycles. The van der Waals surface area contributed by atoms with Crippen LogP contribution in [-0.2, 0) is 24.4 Å². The van der Waals surface area contributed by atoms with Gasteiger partial charge in [-0.3, -0.25) is 8.74 Å². The summed E-state index contributed by atoms with van der Waals surface area (Å²) in [7, 11) is -3.48. The van der Waals surface area contributed by atoms with E-state index >= 15 is 0 Å². The highest BCUT2D eigenvalue weighted by atomic mass is 32.9. The van der Waals surface area contributed by atoms with E-state index in [2.05, 4.69) is 34.4 Å². The van der Waals surface area contributed by atoms with Crippen molar-refractivity contribution in [3.8, 4) is 0 Å². The van der Waals surface area contributed by atoms with Crippen molar-refractivity contribution in [2.75, 3.05) is 6.61 Å². The lowest BCUT2D eigenvalue weighted by Gasteiger charge is -2.14. The highest BCUT2D eigenvalue weighted by Crippen LogP contribution is 2.22. The summed E-state index contributed by atoms with van der Waals surface area (Å²) >= 11 is 4.25. The summed E-state index contributed by atoms with van der Waals surface area (Å²) in [5.74, 6) is 0.345. The molecule has 0 bridgehead atoms. The Labute approximate surface area is 102 Å². The van der Waals surface area contributed by atoms with E-state index in [-0.39, 0.29) is 6.61 Å². The van der Waals surface area contributed by atoms with Gasteiger partial charge in [0.25, 0.3) is 9.05 Å². The van der Waals surface area contributed by atoms with Crippen molar-refractivity contribution in [2.24, 2.45) is 0 Å². The second kappa shape index (κ2) is 6.30. The van der Waals surface area contributed by atoms with Gasteiger partial charge in [-0.2, -0.15) is 4.21 Å². The molecule has 0 amide bonds. The van der Waals surface area contributed by atoms with Crippen molar-refractivity contribution < 1.29 is 12.9 Å². The van der Waals surface area contributed by atoms with Gasteiger partial charge in [0.15, 0.2) is 0 Å². The molecule has 0 saturated heterocycles. The van der Waals surface area contributed by atoms with Crippen LogP contribution in [0.5, 0.6) is 0 Å². The fourth-order valence-corrected chi connectivity index (χ4v) is 2.14. The van der Waals surface area contributed by atoms with Crippen molar-refractivity contribution in [1.82, 2.24) is 0 Å². The molecule has 1 aromatic carbocycles. The van der Waals surface area contributed by atoms with E-state index < -0.39 is 9.05 Å². The highest BCUT2D eigenvalue weighted by Gasteiger charge is 2.10. The predicted molar refractivity (Wildman–Crippen MR) is 68.2 cm³/mol. The molecule has 0 heterocycles. The summed E-state index contributed by atoms with van der Waals surface area (Å²) in [6, 6.07) is 10.1. The van der Waals surface area contributed by atoms with Gasteiger partial charge in [-0.1, -0.05) is 37.3 Å². The van der Waals surface area contributed by atoms with Crippen LogP contribution >= 0.6 is 0 Å². The van der Waals surface area contributed by atoms with Crippen molar-refractivity contribution in [2.45, 2.75) is 25.7 Å². The monoisotopic (exact) mass is 260 g/mol. The molecule has 2 unspecified atom stereocenters. The van der Waals surface area contributed by atoms with E-state index in [9.17, 15) is 4.21 Å². The number of hydrogen-bond acceptors (Lipinski definition) is 3. The number of hydrogen-bond donors (Lipinski definition) is 1. The summed E-state index contributed by atoms with van der Waals surface area (Å²) in [5.41, 5.74) is 1.22. The minimum atomic E-state index is -3.48. The van der Waals surface area contributed by atoms with Crippen LogP contribution in [0.15, 0.2) is 30.3 Å². The number of rotatable bonds is 6. The van der Waals surface area contributed by atoms with Crippen LogP contribution in [0.2, 0.25) is 0 Å². The van der Waals surface area contributed by atoms with E-state index in [1.54, 1.807) is 0 Å². The van der Waals surface area contributed by atoms with Gasteiger partial charge in [-0.05, 0) is 24.3 Å². The summed E-state index contributed by atoms with van der Waals surface area (Å²) in [6.07, 6.45) is 1.67. The van der Waals surface area contributed by atoms with Gasteiger partial charge in [-0.15, -0.1) is 0 Å². The standard InChI is InChI=1S/C11H16O3S2/c1-2-10(8-9-14-16(12,13)15)11-6-4-3-5-7-11/h3-7,10H,2,8-9H2,1H3,(H,12,13,15). The largest absolute Gasteiger partial charge is 0.285 e. The Hall–Kier alpha value is -0.490. The lowest BCUT2D eigenvalue weighted by molar-refractivity contribution is 0.287. The first-order valence-corrected chi connectivity index (χ1v) is 7.56. The minimum Gasteiger partial charge on any atom is -0.285 e. The summed E-state index contributed by atoms with van der Waals surface area (Å²) in [5, 5.41) is 0. The molecular weight excluding hydrogens is 244 g/mol. The van der Waals surface area contributed by atoms with Gasteiger partial charge < -0.3 is 0 Å². The van der Waals surface area contributed by atoms with Gasteiger partial charge in [0.1, 0.15) is 0 Å². The Morgan fingerprint density at radius 2 is 2.06 bits per heavy atom. The van der Waals surface area contributed by atoms with Crippen molar-refractivity contribution in [3.63, 3.8) is 0 Å². The van der Waals surface area contributed by atoms with Crippen LogP contribution in [0.4, 0.5) is 0 Å². The average Bonchev–Trinajstić information content (AvgIpc) is 2.24. The quantitative estimate of drug-likeness (QED) is 0.854. The van der Waals surface area contributed by atoms with Gasteiger partial charge in [0.05, 0.1) is 6.61 Å². The molecule has 0 radical (unpaired) electrons. The molecule has 5 heteroatoms. The summed E-state index contributed by atoms with van der Waals surface area (Å²) in [6.45, 7) is 2.30. The van der Waals surface area contributed by atoms with Gasteiger partial charge in [0.2, 0.25) is 0 Å². The summed E-state index contributed by atoms with van der Waals surface area (Å²) in [4.78, 5) is 0. The van der Waals surface area contributed by atoms with E-state index in [4.69, 9.17) is 4.55 Å². The van der Waals surface area contributed by atoms with Crippen molar-refractivity contribution in [1.29, 1.82) is 0 Å². The van der Waals surface area contributed by atoms with Crippen LogP contribution in [0.3, 0.4) is 0 Å². The first-order valence-electron chi connectivity index (χ1n) is 5.19. The maximum atomic E-state index is 10.7. The lowest BCUT2D eigenvalue weighted by atomic mass is 9.94. The molecule has 1 aromatic rings. The van der Waals surface area contributed by atoms with Crippen molar-refractivity contribution >= 4 is 20.2 Å². The molecule has 1 rings (SSSR count). The lowest BCUT2D eigenvalue weighted by Crippen LogP contribution is -2.07. The van der Waals surface area contributed by atoms with Crippen LogP contribution < -0.4 is 0 Å². The van der Waals surface area contributed by atoms with E-state index in [1.807, 2.05) is 18.2 Å². The second-order valence-corrected chi connectivity index (χ2v) is 5.91. The predicted octanol–water partition coefficient (Wildman–Crippen LogP) is 2.72. The molecule has 2 atom stereocenters. The Balaban J connectivity index is 2.51. The zero-order chi connectivity index (χ0) is 12.0. The zero-order valence-electron chi connectivity index (χ0n) is 9.17. The van der Waals surface area contributed by atoms with E-state index in [0.29, 0.717) is 12.3 Å². The molecule has 0 fully saturated rings. The van der Waals surface area contributed by atoms with Gasteiger partial charge >= 0.3 is 0 Å². The van der Waals surface area contributed by atoms with Crippen molar-refractivity contribution in [3.05, 3.63) is 35.9 Å². The Morgan fingerprint density at radius 1 is 1.44 bits per heavy atom. The fourth-order valence-electron chi connectivity index (χ4n) is 1.63. The third-order valence-corrected chi connectivity index (χ3v) is 3.22. The topological polar surface area (TPSA) is 46.5 Å². The SMILES string of the molecule is CCC(CCOS(=O)(O)=S)c1ccccc1. The molecular formula is C11H16O3S2. The fraction of sp³-hybridized carbons (Fsp3) is 0.455. The molecule has 16 heavy (non-hydrogen) atoms. The average molecular weight is 260 g/mol. The first kappa shape index (κ1) is 13.6. The molecule has 0 aliphatic carbocycles.